The molecule has 26 heavy (non-hydrogen) atoms. The molecule has 0 heterocycles. The molecule has 0 aliphatic heterocycles. The number of likely N-dealkylation sites (N-methyl/N-ethyl adjacent to an activating group) is 1. The van der Waals surface area contributed by atoms with Crippen LogP contribution in [-0.4, -0.2) is 37.6 Å². The van der Waals surface area contributed by atoms with Gasteiger partial charge in [-0.2, -0.15) is 0 Å². The predicted molar refractivity (Wildman–Crippen MR) is 106 cm³/mol. The zero-order valence-corrected chi connectivity index (χ0v) is 16.4. The minimum Gasteiger partial charge on any atom is -0.341 e. The number of nitrogens with one attached hydrogen (secondary N) is 2. The van der Waals surface area contributed by atoms with E-state index in [0.29, 0.717) is 13.0 Å². The van der Waals surface area contributed by atoms with E-state index in [1.807, 2.05) is 37.4 Å². The second kappa shape index (κ2) is 10.1. The van der Waals surface area contributed by atoms with Crippen LogP contribution in [0.25, 0.3) is 0 Å². The van der Waals surface area contributed by atoms with Gasteiger partial charge in [0.1, 0.15) is 6.54 Å². The molecule has 0 spiro atoms. The van der Waals surface area contributed by atoms with Gasteiger partial charge in [0, 0.05) is 10.5 Å². The highest BCUT2D eigenvalue weighted by Gasteiger charge is 2.19. The quantitative estimate of drug-likeness (QED) is 0.660. The van der Waals surface area contributed by atoms with Crippen molar-refractivity contribution in [2.24, 2.45) is 0 Å². The van der Waals surface area contributed by atoms with E-state index in [-0.39, 0.29) is 11.7 Å². The van der Waals surface area contributed by atoms with Crippen LogP contribution >= 0.6 is 11.8 Å². The molecule has 2 atom stereocenters. The molecule has 0 aromatic heterocycles. The summed E-state index contributed by atoms with van der Waals surface area (Å²) in [6.07, 6.45) is 2.58. The first kappa shape index (κ1) is 20.2. The molecule has 0 aliphatic rings. The van der Waals surface area contributed by atoms with Gasteiger partial charge in [0.2, 0.25) is 0 Å². The Balaban J connectivity index is 1.87. The maximum atomic E-state index is 12.4. The van der Waals surface area contributed by atoms with Gasteiger partial charge < -0.3 is 10.2 Å². The van der Waals surface area contributed by atoms with Crippen LogP contribution < -0.4 is 10.2 Å². The third kappa shape index (κ3) is 6.65. The fraction of sp³-hybridized carbons (Fsp3) is 0.333. The first-order valence-electron chi connectivity index (χ1n) is 8.76. The maximum Gasteiger partial charge on any atom is 0.275 e. The van der Waals surface area contributed by atoms with Gasteiger partial charge in [0.15, 0.2) is 12.3 Å². The van der Waals surface area contributed by atoms with E-state index in [9.17, 15) is 9.59 Å². The van der Waals surface area contributed by atoms with E-state index in [1.165, 1.54) is 17.4 Å². The Morgan fingerprint density at radius 3 is 2.27 bits per heavy atom. The summed E-state index contributed by atoms with van der Waals surface area (Å²) < 4.78 is 0. The molecule has 0 fully saturated rings. The van der Waals surface area contributed by atoms with Crippen molar-refractivity contribution in [3.8, 4) is 0 Å². The molecule has 1 unspecified atom stereocenters. The summed E-state index contributed by atoms with van der Waals surface area (Å²) in [4.78, 5) is 26.6. The molecule has 0 saturated heterocycles. The van der Waals surface area contributed by atoms with Crippen molar-refractivity contribution in [1.82, 2.24) is 5.32 Å². The van der Waals surface area contributed by atoms with Gasteiger partial charge in [-0.1, -0.05) is 42.5 Å². The van der Waals surface area contributed by atoms with Gasteiger partial charge in [0.25, 0.3) is 5.91 Å². The van der Waals surface area contributed by atoms with E-state index in [0.717, 1.165) is 17.0 Å². The van der Waals surface area contributed by atoms with Crippen LogP contribution in [0.2, 0.25) is 0 Å². The molecular weight excluding hydrogens is 344 g/mol. The summed E-state index contributed by atoms with van der Waals surface area (Å²) in [6, 6.07) is 17.7. The number of Topliss-reactive ketones (excluding diaryl/α,β-unsaturated/α-hetero) is 1. The van der Waals surface area contributed by atoms with Gasteiger partial charge in [-0.05, 0) is 37.3 Å². The molecule has 0 radical (unpaired) electrons. The minimum atomic E-state index is -0.474. The molecular formula is C21H27N2O2S+. The van der Waals surface area contributed by atoms with Crippen molar-refractivity contribution in [1.29, 1.82) is 0 Å². The highest BCUT2D eigenvalue weighted by molar-refractivity contribution is 7.98. The van der Waals surface area contributed by atoms with Crippen molar-refractivity contribution in [2.45, 2.75) is 30.8 Å². The third-order valence-corrected chi connectivity index (χ3v) is 4.98. The van der Waals surface area contributed by atoms with E-state index >= 15 is 0 Å². The van der Waals surface area contributed by atoms with Crippen molar-refractivity contribution in [2.75, 3.05) is 19.8 Å². The standard InChI is InChI=1S/C21H26N2O2S/c1-16(24)20(13-17-7-5-4-6-8-17)22-21(25)15-23(2)14-18-9-11-19(26-3)12-10-18/h4-12,20H,13-15H2,1-3H3,(H,22,25)/p+1/t20-/m1/s1. The second-order valence-corrected chi connectivity index (χ2v) is 7.46. The van der Waals surface area contributed by atoms with Crippen LogP contribution in [0, 0.1) is 0 Å². The topological polar surface area (TPSA) is 50.6 Å². The smallest absolute Gasteiger partial charge is 0.275 e. The van der Waals surface area contributed by atoms with Crippen LogP contribution in [0.5, 0.6) is 0 Å². The Kier molecular flexibility index (Phi) is 7.88. The normalized spacial score (nSPS) is 13.0. The fourth-order valence-electron chi connectivity index (χ4n) is 2.82. The molecule has 0 bridgehead atoms. The molecule has 4 nitrogen and oxygen atoms in total. The number of amides is 1. The minimum absolute atomic E-state index is 0.0208. The van der Waals surface area contributed by atoms with E-state index in [2.05, 4.69) is 35.8 Å². The highest BCUT2D eigenvalue weighted by Crippen LogP contribution is 2.14. The number of hydrogen-bond acceptors (Lipinski definition) is 3. The number of rotatable bonds is 9. The summed E-state index contributed by atoms with van der Waals surface area (Å²) in [5.74, 6) is -0.119. The lowest BCUT2D eigenvalue weighted by Crippen LogP contribution is -3.09. The van der Waals surface area contributed by atoms with Crippen molar-refractivity contribution in [3.63, 3.8) is 0 Å². The molecule has 2 aromatic rings. The average Bonchev–Trinajstić information content (AvgIpc) is 2.62. The fourth-order valence-corrected chi connectivity index (χ4v) is 3.23. The lowest BCUT2D eigenvalue weighted by atomic mass is 10.0. The van der Waals surface area contributed by atoms with Gasteiger partial charge >= 0.3 is 0 Å². The lowest BCUT2D eigenvalue weighted by Gasteiger charge is -2.18. The van der Waals surface area contributed by atoms with Gasteiger partial charge in [-0.15, -0.1) is 11.8 Å². The Labute approximate surface area is 160 Å². The molecule has 0 aliphatic carbocycles. The highest BCUT2D eigenvalue weighted by atomic mass is 32.2. The Morgan fingerprint density at radius 1 is 1.04 bits per heavy atom. The Hall–Kier alpha value is -2.11. The number of carbonyl (C=O) groups is 2. The third-order valence-electron chi connectivity index (χ3n) is 4.24. The SMILES string of the molecule is CSc1ccc(C[NH+](C)CC(=O)N[C@H](Cc2ccccc2)C(C)=O)cc1. The van der Waals surface area contributed by atoms with Crippen LogP contribution in [0.4, 0.5) is 0 Å². The van der Waals surface area contributed by atoms with Gasteiger partial charge in [-0.3, -0.25) is 9.59 Å². The molecule has 2 rings (SSSR count). The number of carbonyl (C=O) groups excluding carboxylic acids is 2. The average molecular weight is 372 g/mol. The Morgan fingerprint density at radius 2 is 1.69 bits per heavy atom. The zero-order chi connectivity index (χ0) is 18.9. The van der Waals surface area contributed by atoms with Crippen LogP contribution in [0.1, 0.15) is 18.1 Å². The van der Waals surface area contributed by atoms with Crippen molar-refractivity contribution < 1.29 is 14.5 Å². The van der Waals surface area contributed by atoms with Crippen LogP contribution in [0.3, 0.4) is 0 Å². The molecule has 0 saturated carbocycles. The summed E-state index contributed by atoms with van der Waals surface area (Å²) in [7, 11) is 1.99. The van der Waals surface area contributed by atoms with Crippen LogP contribution in [-0.2, 0) is 22.6 Å². The number of benzene rings is 2. The number of hydrogen-bond donors (Lipinski definition) is 2. The van der Waals surface area contributed by atoms with E-state index in [1.54, 1.807) is 11.8 Å². The maximum absolute atomic E-state index is 12.4. The Bertz CT molecular complexity index is 717. The number of thioether (sulfide) groups is 1. The second-order valence-electron chi connectivity index (χ2n) is 6.58. The molecule has 1 amide bonds. The first-order chi connectivity index (χ1) is 12.5. The molecule has 2 aromatic carbocycles. The lowest BCUT2D eigenvalue weighted by molar-refractivity contribution is -0.885. The van der Waals surface area contributed by atoms with Gasteiger partial charge in [0.05, 0.1) is 13.1 Å². The number of quaternary nitrogens is 1. The monoisotopic (exact) mass is 371 g/mol. The molecule has 5 heteroatoms. The first-order valence-corrected chi connectivity index (χ1v) is 9.98. The van der Waals surface area contributed by atoms with Gasteiger partial charge in [-0.25, -0.2) is 0 Å². The number of ketones is 1. The summed E-state index contributed by atoms with van der Waals surface area (Å²) in [5.41, 5.74) is 2.24. The van der Waals surface area contributed by atoms with E-state index < -0.39 is 6.04 Å². The largest absolute Gasteiger partial charge is 0.341 e. The summed E-state index contributed by atoms with van der Waals surface area (Å²) in [5, 5.41) is 2.89. The van der Waals surface area contributed by atoms with Crippen molar-refractivity contribution >= 4 is 23.5 Å². The predicted octanol–water partition coefficient (Wildman–Crippen LogP) is 1.74. The zero-order valence-electron chi connectivity index (χ0n) is 15.6. The summed E-state index contributed by atoms with van der Waals surface area (Å²) >= 11 is 1.71. The van der Waals surface area contributed by atoms with Crippen molar-refractivity contribution in [3.05, 3.63) is 65.7 Å². The molecule has 2 N–H and O–H groups in total. The van der Waals surface area contributed by atoms with Crippen LogP contribution in [0.15, 0.2) is 59.5 Å². The summed E-state index contributed by atoms with van der Waals surface area (Å²) in [6.45, 7) is 2.63. The molecule has 138 valence electrons. The van der Waals surface area contributed by atoms with E-state index in [4.69, 9.17) is 0 Å².